The molecule has 1 heterocycles. The normalized spacial score (nSPS) is 10.4. The number of hydrogen-bond acceptors (Lipinski definition) is 2. The van der Waals surface area contributed by atoms with Crippen molar-refractivity contribution in [1.29, 1.82) is 0 Å². The van der Waals surface area contributed by atoms with E-state index in [1.54, 1.807) is 0 Å². The minimum atomic E-state index is 0.698. The highest BCUT2D eigenvalue weighted by Crippen LogP contribution is 2.17. The Morgan fingerprint density at radius 1 is 0.833 bits per heavy atom. The van der Waals surface area contributed by atoms with Crippen LogP contribution in [0.3, 0.4) is 0 Å². The fraction of sp³-hybridized carbons (Fsp3) is 0. The molecule has 3 rings (SSSR count). The Morgan fingerprint density at radius 3 is 2.50 bits per heavy atom. The van der Waals surface area contributed by atoms with Crippen LogP contribution in [0.5, 0.6) is 0 Å². The molecule has 2 radical (unpaired) electrons. The first kappa shape index (κ1) is 10.8. The molecule has 0 aliphatic rings. The molecule has 0 aliphatic carbocycles. The number of para-hydroxylation sites is 2. The molecule has 0 amide bonds. The maximum absolute atomic E-state index is 5.93. The van der Waals surface area contributed by atoms with Gasteiger partial charge in [-0.3, -0.25) is 0 Å². The van der Waals surface area contributed by atoms with Gasteiger partial charge in [0.15, 0.2) is 0 Å². The monoisotopic (exact) mass is 230 g/mol. The predicted molar refractivity (Wildman–Crippen MR) is 76.9 cm³/mol. The molecule has 1 aromatic heterocycles. The molecule has 0 atom stereocenters. The van der Waals surface area contributed by atoms with Crippen molar-refractivity contribution in [2.24, 2.45) is 0 Å². The summed E-state index contributed by atoms with van der Waals surface area (Å²) in [6.45, 7) is 0. The van der Waals surface area contributed by atoms with Gasteiger partial charge >= 0.3 is 0 Å². The number of aromatic nitrogens is 1. The molecule has 84 valence electrons. The highest BCUT2D eigenvalue weighted by atomic mass is 15.0. The fourth-order valence-electron chi connectivity index (χ4n) is 1.91. The van der Waals surface area contributed by atoms with Crippen molar-refractivity contribution in [2.75, 3.05) is 5.32 Å². The van der Waals surface area contributed by atoms with Gasteiger partial charge in [0.2, 0.25) is 0 Å². The number of anilines is 2. The zero-order valence-corrected chi connectivity index (χ0v) is 9.80. The van der Waals surface area contributed by atoms with Crippen molar-refractivity contribution in [3.63, 3.8) is 0 Å². The van der Waals surface area contributed by atoms with Crippen LogP contribution in [0.15, 0.2) is 60.7 Å². The summed E-state index contributed by atoms with van der Waals surface area (Å²) < 4.78 is 0. The number of nitrogens with one attached hydrogen (secondary N) is 1. The van der Waals surface area contributed by atoms with Gasteiger partial charge in [0.05, 0.1) is 5.52 Å². The first-order valence-electron chi connectivity index (χ1n) is 5.80. The maximum Gasteiger partial charge on any atom is 0.131 e. The molecule has 0 saturated heterocycles. The van der Waals surface area contributed by atoms with E-state index in [0.717, 1.165) is 22.4 Å². The summed E-state index contributed by atoms with van der Waals surface area (Å²) in [6.07, 6.45) is 0. The Morgan fingerprint density at radius 2 is 1.67 bits per heavy atom. The zero-order valence-electron chi connectivity index (χ0n) is 9.80. The quantitative estimate of drug-likeness (QED) is 0.684. The van der Waals surface area contributed by atoms with Crippen LogP contribution in [0.4, 0.5) is 11.5 Å². The van der Waals surface area contributed by atoms with E-state index in [1.165, 1.54) is 0 Å². The summed E-state index contributed by atoms with van der Waals surface area (Å²) >= 11 is 0. The molecule has 0 fully saturated rings. The lowest BCUT2D eigenvalue weighted by Crippen LogP contribution is -2.05. The summed E-state index contributed by atoms with van der Waals surface area (Å²) in [5.74, 6) is 0.798. The lowest BCUT2D eigenvalue weighted by molar-refractivity contribution is 1.38. The minimum absolute atomic E-state index is 0.698. The van der Waals surface area contributed by atoms with Gasteiger partial charge in [-0.2, -0.15) is 0 Å². The molecule has 2 aromatic carbocycles. The summed E-state index contributed by atoms with van der Waals surface area (Å²) in [5.41, 5.74) is 2.54. The molecule has 18 heavy (non-hydrogen) atoms. The van der Waals surface area contributed by atoms with E-state index in [0.29, 0.717) is 5.46 Å². The first-order valence-corrected chi connectivity index (χ1v) is 5.80. The average Bonchev–Trinajstić information content (AvgIpc) is 2.41. The molecule has 0 bridgehead atoms. The van der Waals surface area contributed by atoms with Crippen molar-refractivity contribution in [2.45, 2.75) is 0 Å². The Hall–Kier alpha value is -2.29. The summed E-state index contributed by atoms with van der Waals surface area (Å²) in [7, 11) is 5.93. The third-order valence-corrected chi connectivity index (χ3v) is 2.80. The van der Waals surface area contributed by atoms with Crippen molar-refractivity contribution in [3.05, 3.63) is 60.7 Å². The second-order valence-electron chi connectivity index (χ2n) is 4.11. The molecule has 3 aromatic rings. The van der Waals surface area contributed by atoms with E-state index < -0.39 is 0 Å². The highest BCUT2D eigenvalue weighted by Gasteiger charge is 2.00. The molecular weight excluding hydrogens is 219 g/mol. The van der Waals surface area contributed by atoms with Gasteiger partial charge in [-0.1, -0.05) is 41.9 Å². The van der Waals surface area contributed by atoms with Gasteiger partial charge in [0.25, 0.3) is 0 Å². The molecule has 2 nitrogen and oxygen atoms in total. The van der Waals surface area contributed by atoms with Crippen LogP contribution in [-0.4, -0.2) is 12.8 Å². The van der Waals surface area contributed by atoms with E-state index in [4.69, 9.17) is 7.85 Å². The molecule has 0 spiro atoms. The van der Waals surface area contributed by atoms with Crippen molar-refractivity contribution in [3.8, 4) is 0 Å². The van der Waals surface area contributed by atoms with Gasteiger partial charge in [0, 0.05) is 5.69 Å². The van der Waals surface area contributed by atoms with Crippen LogP contribution < -0.4 is 10.8 Å². The molecule has 0 saturated carbocycles. The van der Waals surface area contributed by atoms with Crippen molar-refractivity contribution >= 4 is 35.7 Å². The smallest absolute Gasteiger partial charge is 0.131 e. The van der Waals surface area contributed by atoms with E-state index in [9.17, 15) is 0 Å². The van der Waals surface area contributed by atoms with Crippen molar-refractivity contribution in [1.82, 2.24) is 4.98 Å². The number of fused-ring (bicyclic) bond motifs is 1. The van der Waals surface area contributed by atoms with Gasteiger partial charge in [-0.05, 0) is 29.7 Å². The first-order chi connectivity index (χ1) is 8.83. The third-order valence-electron chi connectivity index (χ3n) is 2.80. The van der Waals surface area contributed by atoms with E-state index >= 15 is 0 Å². The number of benzene rings is 2. The van der Waals surface area contributed by atoms with E-state index in [1.807, 2.05) is 60.7 Å². The standard InChI is InChI=1S/C15H11BN2/c16-13-8-4-5-11-9-10-14(18-15(11)13)17-12-6-2-1-3-7-12/h1-10H,(H,17,18). The van der Waals surface area contributed by atoms with Crippen LogP contribution in [0.1, 0.15) is 0 Å². The van der Waals surface area contributed by atoms with Crippen LogP contribution in [-0.2, 0) is 0 Å². The fourth-order valence-corrected chi connectivity index (χ4v) is 1.91. The Kier molecular flexibility index (Phi) is 2.73. The van der Waals surface area contributed by atoms with Gasteiger partial charge in [-0.15, -0.1) is 0 Å². The maximum atomic E-state index is 5.93. The second kappa shape index (κ2) is 4.53. The van der Waals surface area contributed by atoms with Gasteiger partial charge in [0.1, 0.15) is 13.7 Å². The molecule has 0 aliphatic heterocycles. The number of nitrogens with zero attached hydrogens (tertiary/aromatic N) is 1. The number of rotatable bonds is 2. The largest absolute Gasteiger partial charge is 0.340 e. The predicted octanol–water partition coefficient (Wildman–Crippen LogP) is 2.77. The lowest BCUT2D eigenvalue weighted by Gasteiger charge is -2.07. The van der Waals surface area contributed by atoms with E-state index in [2.05, 4.69) is 10.3 Å². The van der Waals surface area contributed by atoms with Crippen molar-refractivity contribution < 1.29 is 0 Å². The number of pyridine rings is 1. The Balaban J connectivity index is 2.01. The Labute approximate surface area is 107 Å². The van der Waals surface area contributed by atoms with Crippen LogP contribution in [0.2, 0.25) is 0 Å². The average molecular weight is 230 g/mol. The molecular formula is C15H11BN2. The zero-order chi connectivity index (χ0) is 12.4. The summed E-state index contributed by atoms with van der Waals surface area (Å²) in [6, 6.07) is 19.7. The number of hydrogen-bond donors (Lipinski definition) is 1. The van der Waals surface area contributed by atoms with E-state index in [-0.39, 0.29) is 0 Å². The summed E-state index contributed by atoms with van der Waals surface area (Å²) in [4.78, 5) is 4.53. The lowest BCUT2D eigenvalue weighted by atomic mass is 9.93. The van der Waals surface area contributed by atoms with Crippen LogP contribution >= 0.6 is 0 Å². The summed E-state index contributed by atoms with van der Waals surface area (Å²) in [5, 5.41) is 4.31. The molecule has 1 N–H and O–H groups in total. The van der Waals surface area contributed by atoms with Gasteiger partial charge < -0.3 is 5.32 Å². The van der Waals surface area contributed by atoms with Crippen LogP contribution in [0, 0.1) is 0 Å². The topological polar surface area (TPSA) is 24.9 Å². The SMILES string of the molecule is [B]c1cccc2ccc(Nc3ccccc3)nc12. The highest BCUT2D eigenvalue weighted by molar-refractivity contribution is 6.38. The second-order valence-corrected chi connectivity index (χ2v) is 4.11. The third kappa shape index (κ3) is 2.07. The minimum Gasteiger partial charge on any atom is -0.340 e. The molecule has 3 heteroatoms. The molecule has 0 unspecified atom stereocenters. The van der Waals surface area contributed by atoms with Crippen LogP contribution in [0.25, 0.3) is 10.9 Å². The van der Waals surface area contributed by atoms with Gasteiger partial charge in [-0.25, -0.2) is 4.98 Å². The Bertz CT molecular complexity index is 680.